The van der Waals surface area contributed by atoms with Gasteiger partial charge in [0.15, 0.2) is 11.6 Å². The van der Waals surface area contributed by atoms with E-state index in [1.807, 2.05) is 109 Å². The molecule has 9 nitrogen and oxygen atoms in total. The molecule has 1 aliphatic rings. The average Bonchev–Trinajstić information content (AvgIpc) is 3.51. The molecule has 1 heterocycles. The zero-order chi connectivity index (χ0) is 33.8. The minimum atomic E-state index is -1.34. The van der Waals surface area contributed by atoms with Crippen LogP contribution >= 0.6 is 15.9 Å². The van der Waals surface area contributed by atoms with E-state index < -0.39 is 11.6 Å². The molecular weight excluding hydrogens is 674 g/mol. The number of carbonyl (C=O) groups excluding carboxylic acids is 1. The number of ether oxygens (including phenoxy) is 4. The Bertz CT molecular complexity index is 1700. The van der Waals surface area contributed by atoms with Crippen molar-refractivity contribution in [1.29, 1.82) is 0 Å². The van der Waals surface area contributed by atoms with Gasteiger partial charge in [-0.25, -0.2) is 10.4 Å². The molecule has 250 valence electrons. The number of hydrogen-bond donors (Lipinski definition) is 3. The van der Waals surface area contributed by atoms with Gasteiger partial charge in [-0.1, -0.05) is 70.5 Å². The third-order valence-corrected chi connectivity index (χ3v) is 8.48. The molecule has 0 fully saturated rings. The Morgan fingerprint density at radius 3 is 2.44 bits per heavy atom. The fraction of sp³-hybridized carbons (Fsp3) is 0.263. The van der Waals surface area contributed by atoms with Crippen molar-refractivity contribution in [1.82, 2.24) is 10.9 Å². The second kappa shape index (κ2) is 17.0. The van der Waals surface area contributed by atoms with Gasteiger partial charge in [-0.15, -0.1) is 0 Å². The van der Waals surface area contributed by atoms with Crippen LogP contribution in [0.2, 0.25) is 0 Å². The number of hydrazine groups is 1. The first-order valence-electron chi connectivity index (χ1n) is 15.8. The van der Waals surface area contributed by atoms with Gasteiger partial charge in [-0.3, -0.25) is 10.2 Å². The Hall–Kier alpha value is -4.64. The molecule has 5 rings (SSSR count). The summed E-state index contributed by atoms with van der Waals surface area (Å²) in [5.74, 6) is 2.16. The summed E-state index contributed by atoms with van der Waals surface area (Å²) < 4.78 is 24.1. The number of halogens is 1. The molecule has 0 unspecified atom stereocenters. The number of methoxy groups -OCH3 is 2. The average molecular weight is 715 g/mol. The predicted molar refractivity (Wildman–Crippen MR) is 190 cm³/mol. The lowest BCUT2D eigenvalue weighted by atomic mass is 9.84. The SMILES string of the molecule is COc1ccc(OC)c(CCNNC(=O)[C@@]2(C/C=C/c3ccccc3)N=C(c3ccc(OCCCO)cc3)O[C@H]2c2ccc(Br)cc2)c1. The van der Waals surface area contributed by atoms with Crippen molar-refractivity contribution >= 4 is 33.8 Å². The second-order valence-corrected chi connectivity index (χ2v) is 12.1. The Kier molecular flexibility index (Phi) is 12.3. The number of hydrogen-bond acceptors (Lipinski definition) is 8. The number of carbonyl (C=O) groups is 1. The molecule has 1 aliphatic heterocycles. The van der Waals surface area contributed by atoms with E-state index in [1.165, 1.54) is 0 Å². The largest absolute Gasteiger partial charge is 0.497 e. The van der Waals surface area contributed by atoms with Crippen LogP contribution in [-0.2, 0) is 16.0 Å². The van der Waals surface area contributed by atoms with Crippen molar-refractivity contribution in [2.75, 3.05) is 34.0 Å². The number of aliphatic hydroxyl groups is 1. The quantitative estimate of drug-likeness (QED) is 0.0904. The molecular formula is C38H40BrN3O6. The van der Waals surface area contributed by atoms with Crippen molar-refractivity contribution in [3.05, 3.63) is 130 Å². The molecule has 0 radical (unpaired) electrons. The first kappa shape index (κ1) is 34.7. The summed E-state index contributed by atoms with van der Waals surface area (Å²) in [6.45, 7) is 0.907. The molecule has 48 heavy (non-hydrogen) atoms. The van der Waals surface area contributed by atoms with E-state index >= 15 is 0 Å². The fourth-order valence-electron chi connectivity index (χ4n) is 5.42. The van der Waals surface area contributed by atoms with Crippen LogP contribution in [0.4, 0.5) is 0 Å². The molecule has 3 N–H and O–H groups in total. The summed E-state index contributed by atoms with van der Waals surface area (Å²) in [5.41, 5.74) is 8.19. The summed E-state index contributed by atoms with van der Waals surface area (Å²) in [7, 11) is 3.25. The van der Waals surface area contributed by atoms with Gasteiger partial charge >= 0.3 is 0 Å². The van der Waals surface area contributed by atoms with E-state index in [4.69, 9.17) is 29.0 Å². The Labute approximate surface area is 289 Å². The van der Waals surface area contributed by atoms with Crippen molar-refractivity contribution in [2.45, 2.75) is 30.9 Å². The lowest BCUT2D eigenvalue weighted by Crippen LogP contribution is -2.52. The third kappa shape index (κ3) is 8.63. The van der Waals surface area contributed by atoms with Crippen LogP contribution in [-0.4, -0.2) is 56.4 Å². The highest BCUT2D eigenvalue weighted by molar-refractivity contribution is 9.10. The maximum absolute atomic E-state index is 14.4. The second-order valence-electron chi connectivity index (χ2n) is 11.2. The smallest absolute Gasteiger partial charge is 0.266 e. The van der Waals surface area contributed by atoms with Crippen LogP contribution in [0.15, 0.2) is 113 Å². The molecule has 0 saturated heterocycles. The highest BCUT2D eigenvalue weighted by atomic mass is 79.9. The molecule has 0 aliphatic carbocycles. The van der Waals surface area contributed by atoms with Crippen LogP contribution in [0.5, 0.6) is 17.2 Å². The highest BCUT2D eigenvalue weighted by Gasteiger charge is 2.52. The van der Waals surface area contributed by atoms with Crippen molar-refractivity contribution in [2.24, 2.45) is 4.99 Å². The van der Waals surface area contributed by atoms with E-state index in [0.717, 1.165) is 32.7 Å². The van der Waals surface area contributed by atoms with Gasteiger partial charge in [-0.05, 0) is 77.7 Å². The molecule has 0 saturated carbocycles. The molecule has 0 spiro atoms. The van der Waals surface area contributed by atoms with Gasteiger partial charge in [0.05, 0.1) is 20.8 Å². The molecule has 2 atom stereocenters. The number of benzene rings is 4. The van der Waals surface area contributed by atoms with Crippen LogP contribution in [0, 0.1) is 0 Å². The summed E-state index contributed by atoms with van der Waals surface area (Å²) in [6.07, 6.45) is 4.63. The first-order valence-corrected chi connectivity index (χ1v) is 16.6. The van der Waals surface area contributed by atoms with Gasteiger partial charge in [0.25, 0.3) is 5.91 Å². The lowest BCUT2D eigenvalue weighted by Gasteiger charge is -2.30. The maximum Gasteiger partial charge on any atom is 0.266 e. The van der Waals surface area contributed by atoms with Gasteiger partial charge in [0.2, 0.25) is 5.90 Å². The normalized spacial score (nSPS) is 17.1. The lowest BCUT2D eigenvalue weighted by molar-refractivity contribution is -0.129. The van der Waals surface area contributed by atoms with E-state index in [1.54, 1.807) is 14.2 Å². The van der Waals surface area contributed by atoms with Gasteiger partial charge in [-0.2, -0.15) is 0 Å². The number of aliphatic hydroxyl groups excluding tert-OH is 1. The maximum atomic E-state index is 14.4. The molecule has 10 heteroatoms. The molecule has 0 aromatic heterocycles. The van der Waals surface area contributed by atoms with Crippen LogP contribution < -0.4 is 25.1 Å². The Morgan fingerprint density at radius 1 is 0.979 bits per heavy atom. The summed E-state index contributed by atoms with van der Waals surface area (Å²) >= 11 is 3.53. The van der Waals surface area contributed by atoms with Gasteiger partial charge in [0, 0.05) is 36.0 Å². The predicted octanol–water partition coefficient (Wildman–Crippen LogP) is 6.45. The minimum Gasteiger partial charge on any atom is -0.497 e. The standard InChI is InChI=1S/C38H40BrN3O6/c1-45-33-19-20-34(46-2)30(26-33)21-23-40-42-37(44)38(22-6-10-27-8-4-3-5-9-27)35(28-11-15-31(39)16-12-28)48-36(41-38)29-13-17-32(18-14-29)47-25-7-24-43/h3-6,8-20,26,35,40,43H,7,21-25H2,1-2H3,(H,42,44)/b10-6+/t35-,38-/m0/s1. The van der Waals surface area contributed by atoms with Gasteiger partial charge in [0.1, 0.15) is 17.2 Å². The summed E-state index contributed by atoms with van der Waals surface area (Å²) in [5, 5.41) is 9.08. The molecule has 4 aromatic carbocycles. The van der Waals surface area contributed by atoms with Crippen molar-refractivity contribution in [3.8, 4) is 17.2 Å². The van der Waals surface area contributed by atoms with Crippen LogP contribution in [0.1, 0.15) is 41.2 Å². The van der Waals surface area contributed by atoms with E-state index in [2.05, 4.69) is 26.8 Å². The molecule has 4 aromatic rings. The van der Waals surface area contributed by atoms with E-state index in [9.17, 15) is 4.79 Å². The first-order chi connectivity index (χ1) is 23.5. The van der Waals surface area contributed by atoms with Crippen molar-refractivity contribution in [3.63, 3.8) is 0 Å². The molecule has 1 amide bonds. The fourth-order valence-corrected chi connectivity index (χ4v) is 5.68. The molecule has 0 bridgehead atoms. The monoisotopic (exact) mass is 713 g/mol. The number of amides is 1. The van der Waals surface area contributed by atoms with Crippen LogP contribution in [0.25, 0.3) is 6.08 Å². The number of rotatable bonds is 16. The third-order valence-electron chi connectivity index (χ3n) is 7.95. The van der Waals surface area contributed by atoms with E-state index in [-0.39, 0.29) is 18.9 Å². The summed E-state index contributed by atoms with van der Waals surface area (Å²) in [4.78, 5) is 19.4. The topological polar surface area (TPSA) is 111 Å². The van der Waals surface area contributed by atoms with Gasteiger partial charge < -0.3 is 24.1 Å². The zero-order valence-corrected chi connectivity index (χ0v) is 28.6. The Balaban J connectivity index is 1.44. The summed E-state index contributed by atoms with van der Waals surface area (Å²) in [6, 6.07) is 30.7. The van der Waals surface area contributed by atoms with Crippen molar-refractivity contribution < 1.29 is 28.8 Å². The number of nitrogens with zero attached hydrogens (tertiary/aromatic N) is 1. The van der Waals surface area contributed by atoms with E-state index in [0.29, 0.717) is 43.2 Å². The Morgan fingerprint density at radius 2 is 1.73 bits per heavy atom. The number of nitrogens with one attached hydrogen (secondary N) is 2. The van der Waals surface area contributed by atoms with Crippen LogP contribution in [0.3, 0.4) is 0 Å². The zero-order valence-electron chi connectivity index (χ0n) is 27.0. The minimum absolute atomic E-state index is 0.0626. The number of aliphatic imine (C=N–C) groups is 1. The highest BCUT2D eigenvalue weighted by Crippen LogP contribution is 2.43.